The molecule has 0 aliphatic rings. The first kappa shape index (κ1) is 18.0. The van der Waals surface area contributed by atoms with Gasteiger partial charge in [0.15, 0.2) is 0 Å². The van der Waals surface area contributed by atoms with Gasteiger partial charge in [-0.15, -0.1) is 0 Å². The molecule has 0 aliphatic carbocycles. The molecule has 28 heavy (non-hydrogen) atoms. The number of hydrogen-bond donors (Lipinski definition) is 1. The molecule has 140 valence electrons. The smallest absolute Gasteiger partial charge is 0.256 e. The predicted octanol–water partition coefficient (Wildman–Crippen LogP) is 5.42. The van der Waals surface area contributed by atoms with Crippen LogP contribution in [0, 0.1) is 20.8 Å². The number of pyridine rings is 1. The first-order valence-corrected chi connectivity index (χ1v) is 9.34. The molecule has 4 nitrogen and oxygen atoms in total. The topological polar surface area (TPSA) is 46.9 Å². The fraction of sp³-hybridized carbons (Fsp3) is 0.167. The van der Waals surface area contributed by atoms with E-state index in [9.17, 15) is 4.79 Å². The molecule has 0 radical (unpaired) electrons. The Kier molecular flexibility index (Phi) is 4.47. The zero-order valence-electron chi connectivity index (χ0n) is 16.6. The van der Waals surface area contributed by atoms with Crippen molar-refractivity contribution in [3.63, 3.8) is 0 Å². The molecule has 0 unspecified atom stereocenters. The summed E-state index contributed by atoms with van der Waals surface area (Å²) < 4.78 is 2.01. The average Bonchev–Trinajstić information content (AvgIpc) is 3.10. The Balaban J connectivity index is 1.83. The normalized spacial score (nSPS) is 11.0. The number of fused-ring (bicyclic) bond motifs is 1. The van der Waals surface area contributed by atoms with Gasteiger partial charge in [0.05, 0.1) is 22.5 Å². The van der Waals surface area contributed by atoms with Crippen molar-refractivity contribution in [1.82, 2.24) is 9.55 Å². The minimum Gasteiger partial charge on any atom is -0.349 e. The number of aryl methyl sites for hydroxylation is 4. The van der Waals surface area contributed by atoms with E-state index in [4.69, 9.17) is 4.98 Å². The number of hydrogen-bond acceptors (Lipinski definition) is 2. The lowest BCUT2D eigenvalue weighted by molar-refractivity contribution is 0.102. The molecule has 2 aromatic heterocycles. The number of anilines is 1. The molecule has 2 aromatic carbocycles. The average molecular weight is 369 g/mol. The lowest BCUT2D eigenvalue weighted by atomic mass is 10.0. The van der Waals surface area contributed by atoms with Gasteiger partial charge in [-0.25, -0.2) is 4.98 Å². The summed E-state index contributed by atoms with van der Waals surface area (Å²) in [5.74, 6) is -0.128. The summed E-state index contributed by atoms with van der Waals surface area (Å²) >= 11 is 0. The summed E-state index contributed by atoms with van der Waals surface area (Å²) in [6, 6.07) is 17.8. The van der Waals surface area contributed by atoms with Gasteiger partial charge >= 0.3 is 0 Å². The van der Waals surface area contributed by atoms with Crippen LogP contribution < -0.4 is 5.32 Å². The van der Waals surface area contributed by atoms with E-state index >= 15 is 0 Å². The highest BCUT2D eigenvalue weighted by Crippen LogP contribution is 2.27. The Morgan fingerprint density at radius 1 is 0.964 bits per heavy atom. The minimum atomic E-state index is -0.128. The number of rotatable bonds is 3. The van der Waals surface area contributed by atoms with Crippen LogP contribution in [0.1, 0.15) is 27.0 Å². The van der Waals surface area contributed by atoms with Crippen LogP contribution in [-0.4, -0.2) is 15.5 Å². The van der Waals surface area contributed by atoms with Gasteiger partial charge in [-0.05, 0) is 74.4 Å². The number of carbonyl (C=O) groups is 1. The Morgan fingerprint density at radius 3 is 2.50 bits per heavy atom. The molecule has 0 spiro atoms. The largest absolute Gasteiger partial charge is 0.349 e. The van der Waals surface area contributed by atoms with Crippen LogP contribution in [0.3, 0.4) is 0 Å². The van der Waals surface area contributed by atoms with Gasteiger partial charge in [0.2, 0.25) is 0 Å². The third kappa shape index (κ3) is 3.29. The summed E-state index contributed by atoms with van der Waals surface area (Å²) in [5, 5.41) is 3.91. The molecule has 1 amide bonds. The van der Waals surface area contributed by atoms with Crippen LogP contribution in [0.25, 0.3) is 22.3 Å². The molecule has 0 saturated carbocycles. The van der Waals surface area contributed by atoms with E-state index in [1.807, 2.05) is 86.3 Å². The van der Waals surface area contributed by atoms with Crippen molar-refractivity contribution in [2.75, 3.05) is 5.32 Å². The van der Waals surface area contributed by atoms with Crippen molar-refractivity contribution < 1.29 is 4.79 Å². The third-order valence-corrected chi connectivity index (χ3v) is 5.18. The van der Waals surface area contributed by atoms with Crippen molar-refractivity contribution in [2.45, 2.75) is 20.8 Å². The fourth-order valence-corrected chi connectivity index (χ4v) is 3.40. The van der Waals surface area contributed by atoms with E-state index in [0.717, 1.165) is 39.1 Å². The third-order valence-electron chi connectivity index (χ3n) is 5.18. The van der Waals surface area contributed by atoms with E-state index in [-0.39, 0.29) is 5.91 Å². The quantitative estimate of drug-likeness (QED) is 0.524. The monoisotopic (exact) mass is 369 g/mol. The molecule has 0 atom stereocenters. The molecule has 1 N–H and O–H groups in total. The molecule has 0 saturated heterocycles. The second-order valence-electron chi connectivity index (χ2n) is 7.33. The fourth-order valence-electron chi connectivity index (χ4n) is 3.40. The number of nitrogens with zero attached hydrogens (tertiary/aromatic N) is 2. The van der Waals surface area contributed by atoms with Gasteiger partial charge < -0.3 is 9.88 Å². The van der Waals surface area contributed by atoms with Crippen LogP contribution in [0.5, 0.6) is 0 Å². The maximum Gasteiger partial charge on any atom is 0.256 e. The van der Waals surface area contributed by atoms with Gasteiger partial charge in [-0.1, -0.05) is 17.7 Å². The molecule has 0 fully saturated rings. The van der Waals surface area contributed by atoms with Crippen LogP contribution >= 0.6 is 0 Å². The van der Waals surface area contributed by atoms with Crippen LogP contribution in [0.4, 0.5) is 5.69 Å². The van der Waals surface area contributed by atoms with Crippen LogP contribution in [0.2, 0.25) is 0 Å². The number of carbonyl (C=O) groups excluding carboxylic acids is 1. The van der Waals surface area contributed by atoms with E-state index in [2.05, 4.69) is 12.2 Å². The van der Waals surface area contributed by atoms with Crippen molar-refractivity contribution in [1.29, 1.82) is 0 Å². The van der Waals surface area contributed by atoms with Gasteiger partial charge in [-0.3, -0.25) is 4.79 Å². The van der Waals surface area contributed by atoms with E-state index in [1.165, 1.54) is 5.56 Å². The van der Waals surface area contributed by atoms with Gasteiger partial charge in [0, 0.05) is 24.3 Å². The van der Waals surface area contributed by atoms with Crippen molar-refractivity contribution in [2.24, 2.45) is 7.05 Å². The van der Waals surface area contributed by atoms with Crippen LogP contribution in [-0.2, 0) is 7.05 Å². The highest BCUT2D eigenvalue weighted by molar-refractivity contribution is 6.13. The highest BCUT2D eigenvalue weighted by Gasteiger charge is 2.16. The lowest BCUT2D eigenvalue weighted by Crippen LogP contribution is -2.13. The molecular formula is C24H23N3O. The van der Waals surface area contributed by atoms with E-state index in [1.54, 1.807) is 0 Å². The first-order chi connectivity index (χ1) is 13.4. The summed E-state index contributed by atoms with van der Waals surface area (Å²) in [7, 11) is 1.98. The first-order valence-electron chi connectivity index (χ1n) is 9.34. The molecule has 4 rings (SSSR count). The predicted molar refractivity (Wildman–Crippen MR) is 115 cm³/mol. The maximum absolute atomic E-state index is 13.2. The second kappa shape index (κ2) is 6.97. The number of nitrogens with one attached hydrogen (secondary N) is 1. The minimum absolute atomic E-state index is 0.128. The maximum atomic E-state index is 13.2. The van der Waals surface area contributed by atoms with Crippen molar-refractivity contribution in [3.8, 4) is 11.4 Å². The standard InChI is InChI=1S/C24H23N3O/c1-15-7-10-21-19(12-15)20(14-22(26-21)23-6-5-11-27(23)4)24(28)25-18-9-8-16(2)17(3)13-18/h5-14H,1-4H3,(H,25,28). The second-order valence-corrected chi connectivity index (χ2v) is 7.33. The molecular weight excluding hydrogens is 346 g/mol. The SMILES string of the molecule is Cc1ccc2nc(-c3cccn3C)cc(C(=O)Nc3ccc(C)c(C)c3)c2c1. The summed E-state index contributed by atoms with van der Waals surface area (Å²) in [6.45, 7) is 6.13. The Bertz CT molecular complexity index is 1200. The number of amides is 1. The van der Waals surface area contributed by atoms with Crippen molar-refractivity contribution >= 4 is 22.5 Å². The Labute approximate surface area is 164 Å². The number of benzene rings is 2. The zero-order chi connectivity index (χ0) is 19.8. The molecule has 4 aromatic rings. The molecule has 0 aliphatic heterocycles. The van der Waals surface area contributed by atoms with Gasteiger partial charge in [0.1, 0.15) is 0 Å². The summed E-state index contributed by atoms with van der Waals surface area (Å²) in [6.07, 6.45) is 1.98. The molecule has 0 bridgehead atoms. The molecule has 2 heterocycles. The van der Waals surface area contributed by atoms with E-state index in [0.29, 0.717) is 5.56 Å². The Hall–Kier alpha value is -3.40. The number of aromatic nitrogens is 2. The highest BCUT2D eigenvalue weighted by atomic mass is 16.1. The van der Waals surface area contributed by atoms with Gasteiger partial charge in [-0.2, -0.15) is 0 Å². The summed E-state index contributed by atoms with van der Waals surface area (Å²) in [4.78, 5) is 18.0. The molecule has 4 heteroatoms. The van der Waals surface area contributed by atoms with Crippen LogP contribution in [0.15, 0.2) is 60.8 Å². The lowest BCUT2D eigenvalue weighted by Gasteiger charge is -2.12. The zero-order valence-corrected chi connectivity index (χ0v) is 16.6. The van der Waals surface area contributed by atoms with Crippen molar-refractivity contribution in [3.05, 3.63) is 83.0 Å². The Morgan fingerprint density at radius 2 is 1.79 bits per heavy atom. The van der Waals surface area contributed by atoms with E-state index < -0.39 is 0 Å². The van der Waals surface area contributed by atoms with Gasteiger partial charge in [0.25, 0.3) is 5.91 Å². The summed E-state index contributed by atoms with van der Waals surface area (Å²) in [5.41, 5.74) is 7.45.